The molecular weight excluding hydrogens is 224 g/mol. The van der Waals surface area contributed by atoms with Crippen LogP contribution in [0.15, 0.2) is 24.3 Å². The number of rotatable bonds is 4. The maximum absolute atomic E-state index is 9.44. The number of phenols is 1. The van der Waals surface area contributed by atoms with Crippen molar-refractivity contribution >= 4 is 0 Å². The van der Waals surface area contributed by atoms with Crippen LogP contribution in [0.5, 0.6) is 5.75 Å². The lowest BCUT2D eigenvalue weighted by Gasteiger charge is -2.32. The second-order valence-corrected chi connectivity index (χ2v) is 5.25. The second-order valence-electron chi connectivity index (χ2n) is 5.25. The van der Waals surface area contributed by atoms with Gasteiger partial charge < -0.3 is 5.11 Å². The summed E-state index contributed by atoms with van der Waals surface area (Å²) in [6.45, 7) is 4.12. The van der Waals surface area contributed by atoms with E-state index in [0.29, 0.717) is 5.75 Å². The Hall–Kier alpha value is -1.53. The molecule has 96 valence electrons. The highest BCUT2D eigenvalue weighted by atomic mass is 16.3. The van der Waals surface area contributed by atoms with E-state index in [9.17, 15) is 10.4 Å². The number of nitrogens with zero attached hydrogens (tertiary/aromatic N) is 2. The van der Waals surface area contributed by atoms with E-state index in [4.69, 9.17) is 0 Å². The van der Waals surface area contributed by atoms with Crippen molar-refractivity contribution in [2.45, 2.75) is 38.1 Å². The van der Waals surface area contributed by atoms with Crippen LogP contribution in [0, 0.1) is 11.3 Å². The number of hydrogen-bond acceptors (Lipinski definition) is 3. The Morgan fingerprint density at radius 3 is 2.44 bits per heavy atom. The van der Waals surface area contributed by atoms with Gasteiger partial charge >= 0.3 is 0 Å². The maximum atomic E-state index is 9.44. The van der Waals surface area contributed by atoms with Crippen LogP contribution in [0.1, 0.15) is 31.7 Å². The normalized spacial score (nSPS) is 19.3. The average molecular weight is 244 g/mol. The number of likely N-dealkylation sites (tertiary alicyclic amines) is 1. The van der Waals surface area contributed by atoms with Crippen LogP contribution in [-0.4, -0.2) is 28.6 Å². The molecule has 1 unspecified atom stereocenters. The SMILES string of the molecule is CC(C#N)(CCc1ccc(O)cc1)N1CCCC1. The first-order valence-corrected chi connectivity index (χ1v) is 6.58. The highest BCUT2D eigenvalue weighted by Crippen LogP contribution is 2.26. The molecule has 0 saturated carbocycles. The Morgan fingerprint density at radius 1 is 1.28 bits per heavy atom. The van der Waals surface area contributed by atoms with E-state index in [1.807, 2.05) is 19.1 Å². The van der Waals surface area contributed by atoms with Gasteiger partial charge in [-0.25, -0.2) is 0 Å². The van der Waals surface area contributed by atoms with Crippen LogP contribution < -0.4 is 0 Å². The van der Waals surface area contributed by atoms with Gasteiger partial charge in [0.1, 0.15) is 11.3 Å². The van der Waals surface area contributed by atoms with Crippen molar-refractivity contribution in [2.24, 2.45) is 0 Å². The summed E-state index contributed by atoms with van der Waals surface area (Å²) in [5, 5.41) is 18.7. The van der Waals surface area contributed by atoms with Crippen molar-refractivity contribution in [3.63, 3.8) is 0 Å². The first kappa shape index (κ1) is 12.9. The quantitative estimate of drug-likeness (QED) is 0.885. The lowest BCUT2D eigenvalue weighted by molar-refractivity contribution is 0.181. The van der Waals surface area contributed by atoms with Gasteiger partial charge in [0.05, 0.1) is 6.07 Å². The third kappa shape index (κ3) is 2.83. The first-order chi connectivity index (χ1) is 8.64. The van der Waals surface area contributed by atoms with E-state index in [2.05, 4.69) is 11.0 Å². The summed E-state index contributed by atoms with van der Waals surface area (Å²) in [6, 6.07) is 9.74. The lowest BCUT2D eigenvalue weighted by atomic mass is 9.93. The van der Waals surface area contributed by atoms with Crippen LogP contribution in [0.4, 0.5) is 0 Å². The molecule has 0 aliphatic carbocycles. The highest BCUT2D eigenvalue weighted by molar-refractivity contribution is 5.26. The van der Waals surface area contributed by atoms with E-state index in [1.54, 1.807) is 12.1 Å². The standard InChI is InChI=1S/C15H20N2O/c1-15(12-16,17-10-2-3-11-17)9-8-13-4-6-14(18)7-5-13/h4-7,18H,2-3,8-11H2,1H3. The van der Waals surface area contributed by atoms with Crippen molar-refractivity contribution in [1.82, 2.24) is 4.90 Å². The molecule has 0 bridgehead atoms. The van der Waals surface area contributed by atoms with Gasteiger partial charge in [0.25, 0.3) is 0 Å². The van der Waals surface area contributed by atoms with E-state index in [0.717, 1.165) is 25.9 Å². The molecule has 0 aromatic heterocycles. The minimum atomic E-state index is -0.353. The fourth-order valence-electron chi connectivity index (χ4n) is 2.55. The molecule has 1 aliphatic heterocycles. The summed E-state index contributed by atoms with van der Waals surface area (Å²) in [7, 11) is 0. The van der Waals surface area contributed by atoms with Gasteiger partial charge in [-0.05, 0) is 63.4 Å². The molecule has 3 heteroatoms. The Labute approximate surface area is 109 Å². The van der Waals surface area contributed by atoms with Gasteiger partial charge in [-0.2, -0.15) is 5.26 Å². The summed E-state index contributed by atoms with van der Waals surface area (Å²) in [4.78, 5) is 2.30. The van der Waals surface area contributed by atoms with Crippen LogP contribution in [-0.2, 0) is 6.42 Å². The van der Waals surface area contributed by atoms with Gasteiger partial charge in [0.2, 0.25) is 0 Å². The number of nitriles is 1. The zero-order valence-electron chi connectivity index (χ0n) is 10.9. The molecule has 1 heterocycles. The van der Waals surface area contributed by atoms with E-state index >= 15 is 0 Å². The summed E-state index contributed by atoms with van der Waals surface area (Å²) >= 11 is 0. The van der Waals surface area contributed by atoms with Crippen molar-refractivity contribution in [1.29, 1.82) is 5.26 Å². The smallest absolute Gasteiger partial charge is 0.115 e. The Bertz CT molecular complexity index is 429. The first-order valence-electron chi connectivity index (χ1n) is 6.58. The van der Waals surface area contributed by atoms with Gasteiger partial charge in [-0.1, -0.05) is 12.1 Å². The van der Waals surface area contributed by atoms with Crippen LogP contribution in [0.25, 0.3) is 0 Å². The Balaban J connectivity index is 1.98. The molecule has 1 atom stereocenters. The zero-order valence-corrected chi connectivity index (χ0v) is 10.9. The number of aromatic hydroxyl groups is 1. The summed E-state index contributed by atoms with van der Waals surface area (Å²) in [6.07, 6.45) is 4.13. The summed E-state index contributed by atoms with van der Waals surface area (Å²) in [5.41, 5.74) is 0.822. The van der Waals surface area contributed by atoms with Gasteiger partial charge in [0.15, 0.2) is 0 Å². The third-order valence-corrected chi connectivity index (χ3v) is 3.88. The van der Waals surface area contributed by atoms with Crippen molar-refractivity contribution in [2.75, 3.05) is 13.1 Å². The number of aryl methyl sites for hydroxylation is 1. The molecule has 18 heavy (non-hydrogen) atoms. The van der Waals surface area contributed by atoms with E-state index in [1.165, 1.54) is 18.4 Å². The van der Waals surface area contributed by atoms with Gasteiger partial charge in [-0.3, -0.25) is 4.90 Å². The largest absolute Gasteiger partial charge is 0.508 e. The van der Waals surface area contributed by atoms with Gasteiger partial charge in [-0.15, -0.1) is 0 Å². The fraction of sp³-hybridized carbons (Fsp3) is 0.533. The number of phenolic OH excluding ortho intramolecular Hbond substituents is 1. The predicted octanol–water partition coefficient (Wildman–Crippen LogP) is 2.70. The number of hydrogen-bond donors (Lipinski definition) is 1. The summed E-state index contributed by atoms with van der Waals surface area (Å²) < 4.78 is 0. The molecule has 2 rings (SSSR count). The van der Waals surface area contributed by atoms with Crippen molar-refractivity contribution in [3.05, 3.63) is 29.8 Å². The van der Waals surface area contributed by atoms with E-state index < -0.39 is 0 Å². The molecule has 0 radical (unpaired) electrons. The molecule has 1 aromatic rings. The monoisotopic (exact) mass is 244 g/mol. The molecule has 0 amide bonds. The van der Waals surface area contributed by atoms with Crippen LogP contribution >= 0.6 is 0 Å². The molecule has 1 aliphatic rings. The average Bonchev–Trinajstić information content (AvgIpc) is 2.92. The molecule has 1 saturated heterocycles. The maximum Gasteiger partial charge on any atom is 0.115 e. The highest BCUT2D eigenvalue weighted by Gasteiger charge is 2.33. The van der Waals surface area contributed by atoms with Crippen LogP contribution in [0.3, 0.4) is 0 Å². The molecule has 0 spiro atoms. The minimum absolute atomic E-state index is 0.293. The third-order valence-electron chi connectivity index (χ3n) is 3.88. The Kier molecular flexibility index (Phi) is 3.88. The second kappa shape index (κ2) is 5.41. The minimum Gasteiger partial charge on any atom is -0.508 e. The Morgan fingerprint density at radius 2 is 1.89 bits per heavy atom. The molecule has 1 N–H and O–H groups in total. The predicted molar refractivity (Wildman–Crippen MR) is 71.3 cm³/mol. The fourth-order valence-corrected chi connectivity index (χ4v) is 2.55. The van der Waals surface area contributed by atoms with Gasteiger partial charge in [0, 0.05) is 0 Å². The zero-order chi connectivity index (χ0) is 13.0. The van der Waals surface area contributed by atoms with Crippen molar-refractivity contribution in [3.8, 4) is 11.8 Å². The van der Waals surface area contributed by atoms with Crippen molar-refractivity contribution < 1.29 is 5.11 Å². The lowest BCUT2D eigenvalue weighted by Crippen LogP contribution is -2.43. The van der Waals surface area contributed by atoms with E-state index in [-0.39, 0.29) is 5.54 Å². The summed E-state index contributed by atoms with van der Waals surface area (Å²) in [5.74, 6) is 0.293. The molecular formula is C15H20N2O. The molecule has 1 aromatic carbocycles. The van der Waals surface area contributed by atoms with Crippen LogP contribution in [0.2, 0.25) is 0 Å². The topological polar surface area (TPSA) is 47.3 Å². The number of benzene rings is 1. The molecule has 1 fully saturated rings. The molecule has 3 nitrogen and oxygen atoms in total.